The molecule has 8 nitrogen and oxygen atoms in total. The number of fused-ring (bicyclic) bond motifs is 1. The zero-order valence-corrected chi connectivity index (χ0v) is 14.9. The number of likely N-dealkylation sites (tertiary alicyclic amines) is 2. The van der Waals surface area contributed by atoms with Crippen molar-refractivity contribution in [3.8, 4) is 0 Å². The largest absolute Gasteiger partial charge is 0.337 e. The molecular formula is C17H25N7O. The Balaban J connectivity index is 1.40. The molecule has 0 bridgehead atoms. The number of piperidine rings is 1. The standard InChI is InChI=1S/C17H25N7O/c1-22-6-3-13(4-7-22)24-8-5-14(11-24)23(2)17(25)12-9-15-16(18-10-12)20-21-19-15/h9-10,13-14H,3-8,11H2,1-2H3,(H,18,19,20,21)/t14-/m0/s1. The fraction of sp³-hybridized carbons (Fsp3) is 0.647. The van der Waals surface area contributed by atoms with E-state index in [4.69, 9.17) is 0 Å². The fourth-order valence-corrected chi connectivity index (χ4v) is 4.00. The van der Waals surface area contributed by atoms with Gasteiger partial charge in [0, 0.05) is 38.4 Å². The maximum absolute atomic E-state index is 12.8. The van der Waals surface area contributed by atoms with Crippen molar-refractivity contribution in [1.29, 1.82) is 0 Å². The van der Waals surface area contributed by atoms with E-state index in [-0.39, 0.29) is 11.9 Å². The van der Waals surface area contributed by atoms with Gasteiger partial charge < -0.3 is 9.80 Å². The van der Waals surface area contributed by atoms with E-state index < -0.39 is 0 Å². The zero-order valence-electron chi connectivity index (χ0n) is 14.9. The topological polar surface area (TPSA) is 81.2 Å². The van der Waals surface area contributed by atoms with E-state index in [1.165, 1.54) is 25.9 Å². The summed E-state index contributed by atoms with van der Waals surface area (Å²) in [5, 5.41) is 10.5. The monoisotopic (exact) mass is 343 g/mol. The van der Waals surface area contributed by atoms with Gasteiger partial charge in [0.05, 0.1) is 5.56 Å². The molecule has 8 heteroatoms. The Morgan fingerprint density at radius 1 is 1.24 bits per heavy atom. The number of rotatable bonds is 3. The molecule has 1 amide bonds. The molecule has 2 aliphatic heterocycles. The average molecular weight is 343 g/mol. The van der Waals surface area contributed by atoms with Crippen molar-refractivity contribution >= 4 is 17.1 Å². The van der Waals surface area contributed by atoms with Gasteiger partial charge in [-0.1, -0.05) is 0 Å². The van der Waals surface area contributed by atoms with Crippen molar-refractivity contribution < 1.29 is 4.79 Å². The molecule has 0 saturated carbocycles. The van der Waals surface area contributed by atoms with Gasteiger partial charge in [-0.25, -0.2) is 4.98 Å². The highest BCUT2D eigenvalue weighted by Crippen LogP contribution is 2.24. The van der Waals surface area contributed by atoms with Crippen molar-refractivity contribution in [2.24, 2.45) is 0 Å². The number of likely N-dealkylation sites (N-methyl/N-ethyl adjacent to an activating group) is 1. The number of H-pyrrole nitrogens is 1. The Hall–Kier alpha value is -2.06. The van der Waals surface area contributed by atoms with Crippen LogP contribution in [0.3, 0.4) is 0 Å². The summed E-state index contributed by atoms with van der Waals surface area (Å²) >= 11 is 0. The van der Waals surface area contributed by atoms with Gasteiger partial charge in [-0.15, -0.1) is 5.10 Å². The fourth-order valence-electron chi connectivity index (χ4n) is 4.00. The average Bonchev–Trinajstić information content (AvgIpc) is 3.29. The van der Waals surface area contributed by atoms with Crippen LogP contribution in [-0.2, 0) is 0 Å². The van der Waals surface area contributed by atoms with Crippen LogP contribution in [0.5, 0.6) is 0 Å². The molecule has 1 N–H and O–H groups in total. The van der Waals surface area contributed by atoms with Crippen LogP contribution in [0.25, 0.3) is 11.2 Å². The molecule has 2 fully saturated rings. The minimum atomic E-state index is 0.00706. The minimum absolute atomic E-state index is 0.00706. The van der Waals surface area contributed by atoms with Gasteiger partial charge in [-0.3, -0.25) is 9.69 Å². The van der Waals surface area contributed by atoms with E-state index in [1.54, 1.807) is 12.3 Å². The SMILES string of the molecule is CN1CCC(N2CC[C@H](N(C)C(=O)c3cnc4n[nH]nc4c3)C2)CC1. The Bertz CT molecular complexity index is 752. The van der Waals surface area contributed by atoms with Gasteiger partial charge in [-0.05, 0) is 45.5 Å². The summed E-state index contributed by atoms with van der Waals surface area (Å²) < 4.78 is 0. The van der Waals surface area contributed by atoms with E-state index in [2.05, 4.69) is 37.2 Å². The number of aromatic nitrogens is 4. The van der Waals surface area contributed by atoms with E-state index in [9.17, 15) is 4.79 Å². The van der Waals surface area contributed by atoms with Gasteiger partial charge in [0.2, 0.25) is 5.65 Å². The third-order valence-corrected chi connectivity index (χ3v) is 5.69. The lowest BCUT2D eigenvalue weighted by atomic mass is 10.0. The van der Waals surface area contributed by atoms with E-state index in [1.807, 2.05) is 11.9 Å². The minimum Gasteiger partial charge on any atom is -0.337 e. The summed E-state index contributed by atoms with van der Waals surface area (Å²) in [5.41, 5.74) is 1.73. The van der Waals surface area contributed by atoms with Gasteiger partial charge in [0.15, 0.2) is 0 Å². The number of hydrogen-bond acceptors (Lipinski definition) is 6. The van der Waals surface area contributed by atoms with Crippen molar-refractivity contribution in [1.82, 2.24) is 35.1 Å². The maximum atomic E-state index is 12.8. The van der Waals surface area contributed by atoms with Gasteiger partial charge in [0.25, 0.3) is 5.91 Å². The van der Waals surface area contributed by atoms with Crippen molar-refractivity contribution in [2.75, 3.05) is 40.3 Å². The second-order valence-electron chi connectivity index (χ2n) is 7.28. The van der Waals surface area contributed by atoms with Crippen LogP contribution in [0.1, 0.15) is 29.6 Å². The summed E-state index contributed by atoms with van der Waals surface area (Å²) in [6, 6.07) is 2.69. The summed E-state index contributed by atoms with van der Waals surface area (Å²) in [7, 11) is 4.09. The number of nitrogens with one attached hydrogen (secondary N) is 1. The number of carbonyl (C=O) groups excluding carboxylic acids is 1. The lowest BCUT2D eigenvalue weighted by molar-refractivity contribution is 0.0721. The summed E-state index contributed by atoms with van der Waals surface area (Å²) in [4.78, 5) is 23.9. The Kier molecular flexibility index (Phi) is 4.39. The van der Waals surface area contributed by atoms with Crippen LogP contribution in [0.4, 0.5) is 0 Å². The predicted molar refractivity (Wildman–Crippen MR) is 94.3 cm³/mol. The van der Waals surface area contributed by atoms with Gasteiger partial charge in [0.1, 0.15) is 5.52 Å². The molecule has 2 aromatic heterocycles. The van der Waals surface area contributed by atoms with Crippen molar-refractivity contribution in [3.05, 3.63) is 17.8 Å². The van der Waals surface area contributed by atoms with Crippen LogP contribution >= 0.6 is 0 Å². The summed E-state index contributed by atoms with van der Waals surface area (Å²) in [6.45, 7) is 4.39. The molecule has 2 aliphatic rings. The Morgan fingerprint density at radius 3 is 2.84 bits per heavy atom. The molecule has 134 valence electrons. The van der Waals surface area contributed by atoms with Crippen molar-refractivity contribution in [3.63, 3.8) is 0 Å². The molecule has 0 aliphatic carbocycles. The van der Waals surface area contributed by atoms with Crippen LogP contribution < -0.4 is 0 Å². The molecule has 0 radical (unpaired) electrons. The Labute approximate surface area is 147 Å². The molecule has 4 heterocycles. The van der Waals surface area contributed by atoms with E-state index >= 15 is 0 Å². The van der Waals surface area contributed by atoms with Gasteiger partial charge >= 0.3 is 0 Å². The first-order valence-electron chi connectivity index (χ1n) is 8.98. The van der Waals surface area contributed by atoms with Crippen LogP contribution in [0, 0.1) is 0 Å². The van der Waals surface area contributed by atoms with E-state index in [0.29, 0.717) is 22.8 Å². The second-order valence-corrected chi connectivity index (χ2v) is 7.28. The number of nitrogens with zero attached hydrogens (tertiary/aromatic N) is 6. The zero-order chi connectivity index (χ0) is 17.4. The second kappa shape index (κ2) is 6.68. The molecule has 0 unspecified atom stereocenters. The molecule has 0 aromatic carbocycles. The number of pyridine rings is 1. The lowest BCUT2D eigenvalue weighted by Gasteiger charge is -2.35. The summed E-state index contributed by atoms with van der Waals surface area (Å²) in [6.07, 6.45) is 5.09. The number of aromatic amines is 1. The maximum Gasteiger partial charge on any atom is 0.255 e. The molecule has 4 rings (SSSR count). The van der Waals surface area contributed by atoms with Crippen LogP contribution in [0.15, 0.2) is 12.3 Å². The lowest BCUT2D eigenvalue weighted by Crippen LogP contribution is -2.45. The normalized spacial score (nSPS) is 23.4. The molecule has 25 heavy (non-hydrogen) atoms. The number of hydrogen-bond donors (Lipinski definition) is 1. The smallest absolute Gasteiger partial charge is 0.255 e. The molecule has 0 spiro atoms. The third kappa shape index (κ3) is 3.23. The highest BCUT2D eigenvalue weighted by Gasteiger charge is 2.33. The molecule has 2 aromatic rings. The Morgan fingerprint density at radius 2 is 2.04 bits per heavy atom. The van der Waals surface area contributed by atoms with Crippen molar-refractivity contribution in [2.45, 2.75) is 31.3 Å². The molecular weight excluding hydrogens is 318 g/mol. The predicted octanol–water partition coefficient (Wildman–Crippen LogP) is 0.593. The van der Waals surface area contributed by atoms with Gasteiger partial charge in [-0.2, -0.15) is 10.3 Å². The van der Waals surface area contributed by atoms with Crippen LogP contribution in [-0.4, -0.2) is 93.4 Å². The first-order valence-corrected chi connectivity index (χ1v) is 8.98. The quantitative estimate of drug-likeness (QED) is 0.879. The van der Waals surface area contributed by atoms with Crippen LogP contribution in [0.2, 0.25) is 0 Å². The number of carbonyl (C=O) groups is 1. The highest BCUT2D eigenvalue weighted by atomic mass is 16.2. The molecule has 1 atom stereocenters. The first kappa shape index (κ1) is 16.4. The first-order chi connectivity index (χ1) is 12.1. The highest BCUT2D eigenvalue weighted by molar-refractivity contribution is 5.96. The molecule has 2 saturated heterocycles. The third-order valence-electron chi connectivity index (χ3n) is 5.69. The number of amides is 1. The van der Waals surface area contributed by atoms with E-state index in [0.717, 1.165) is 19.5 Å². The summed E-state index contributed by atoms with van der Waals surface area (Å²) in [5.74, 6) is 0.00706.